The number of aliphatic carboxylic acids is 1. The molecule has 6 heteroatoms. The van der Waals surface area contributed by atoms with E-state index in [1.165, 1.54) is 0 Å². The molecule has 25 heavy (non-hydrogen) atoms. The highest BCUT2D eigenvalue weighted by Gasteiger charge is 2.51. The Balaban J connectivity index is 1.66. The molecule has 2 bridgehead atoms. The number of fused-ring (bicyclic) bond motifs is 2. The summed E-state index contributed by atoms with van der Waals surface area (Å²) < 4.78 is 5.05. The second kappa shape index (κ2) is 7.09. The molecular weight excluding hydrogens is 322 g/mol. The van der Waals surface area contributed by atoms with Crippen molar-refractivity contribution in [3.05, 3.63) is 42.0 Å². The SMILES string of the molecule is CCCOC(=O)c1ccc(NC(=O)[C@@H]2[C@H](C(=O)O)[C@H]3C=C[C@H]2C3)cc1. The number of anilines is 1. The van der Waals surface area contributed by atoms with Gasteiger partial charge in [0.15, 0.2) is 0 Å². The fourth-order valence-corrected chi connectivity index (χ4v) is 3.71. The predicted molar refractivity (Wildman–Crippen MR) is 91.0 cm³/mol. The van der Waals surface area contributed by atoms with Crippen molar-refractivity contribution in [2.24, 2.45) is 23.7 Å². The number of carboxylic acids is 1. The Kier molecular flexibility index (Phi) is 4.88. The van der Waals surface area contributed by atoms with Gasteiger partial charge in [0.25, 0.3) is 0 Å². The van der Waals surface area contributed by atoms with Crippen molar-refractivity contribution >= 4 is 23.5 Å². The first kappa shape index (κ1) is 17.2. The lowest BCUT2D eigenvalue weighted by Gasteiger charge is -2.23. The minimum Gasteiger partial charge on any atom is -0.481 e. The summed E-state index contributed by atoms with van der Waals surface area (Å²) in [7, 11) is 0. The number of allylic oxidation sites excluding steroid dienone is 2. The summed E-state index contributed by atoms with van der Waals surface area (Å²) in [6, 6.07) is 6.42. The van der Waals surface area contributed by atoms with Crippen LogP contribution in [-0.2, 0) is 14.3 Å². The number of carboxylic acid groups (broad SMARTS) is 1. The molecular formula is C19H21NO5. The average molecular weight is 343 g/mol. The van der Waals surface area contributed by atoms with Gasteiger partial charge in [0.1, 0.15) is 0 Å². The van der Waals surface area contributed by atoms with Gasteiger partial charge in [-0.2, -0.15) is 0 Å². The Hall–Kier alpha value is -2.63. The van der Waals surface area contributed by atoms with Crippen LogP contribution in [0.3, 0.4) is 0 Å². The molecule has 0 spiro atoms. The third-order valence-corrected chi connectivity index (χ3v) is 4.87. The first-order chi connectivity index (χ1) is 12.0. The smallest absolute Gasteiger partial charge is 0.338 e. The number of carbonyl (C=O) groups is 3. The van der Waals surface area contributed by atoms with E-state index >= 15 is 0 Å². The highest BCUT2D eigenvalue weighted by Crippen LogP contribution is 2.48. The van der Waals surface area contributed by atoms with Crippen LogP contribution in [0.1, 0.15) is 30.1 Å². The summed E-state index contributed by atoms with van der Waals surface area (Å²) in [5, 5.41) is 12.2. The second-order valence-electron chi connectivity index (χ2n) is 6.54. The summed E-state index contributed by atoms with van der Waals surface area (Å²) in [4.78, 5) is 35.8. The van der Waals surface area contributed by atoms with Gasteiger partial charge in [-0.1, -0.05) is 19.1 Å². The molecule has 3 rings (SSSR count). The van der Waals surface area contributed by atoms with Gasteiger partial charge >= 0.3 is 11.9 Å². The summed E-state index contributed by atoms with van der Waals surface area (Å²) in [6.45, 7) is 2.28. The van der Waals surface area contributed by atoms with Crippen LogP contribution in [0.25, 0.3) is 0 Å². The van der Waals surface area contributed by atoms with E-state index in [-0.39, 0.29) is 17.7 Å². The first-order valence-electron chi connectivity index (χ1n) is 8.50. The van der Waals surface area contributed by atoms with Crippen molar-refractivity contribution in [3.63, 3.8) is 0 Å². The van der Waals surface area contributed by atoms with Crippen molar-refractivity contribution < 1.29 is 24.2 Å². The van der Waals surface area contributed by atoms with E-state index < -0.39 is 23.8 Å². The zero-order chi connectivity index (χ0) is 18.0. The third-order valence-electron chi connectivity index (χ3n) is 4.87. The molecule has 4 atom stereocenters. The molecule has 6 nitrogen and oxygen atoms in total. The van der Waals surface area contributed by atoms with E-state index in [1.807, 2.05) is 19.1 Å². The first-order valence-corrected chi connectivity index (χ1v) is 8.50. The van der Waals surface area contributed by atoms with Crippen LogP contribution in [0.15, 0.2) is 36.4 Å². The molecule has 0 aliphatic heterocycles. The van der Waals surface area contributed by atoms with Crippen molar-refractivity contribution in [2.45, 2.75) is 19.8 Å². The average Bonchev–Trinajstić information content (AvgIpc) is 3.21. The highest BCUT2D eigenvalue weighted by molar-refractivity contribution is 5.97. The standard InChI is InChI=1S/C19H21NO5/c1-2-9-25-19(24)11-5-7-14(8-6-11)20-17(21)15-12-3-4-13(10-12)16(15)18(22)23/h3-8,12-13,15-16H,2,9-10H2,1H3,(H,20,21)(H,22,23)/t12-,13-,15-,16+/m0/s1. The van der Waals surface area contributed by atoms with E-state index in [0.717, 1.165) is 12.8 Å². The van der Waals surface area contributed by atoms with Crippen LogP contribution in [0, 0.1) is 23.7 Å². The fraction of sp³-hybridized carbons (Fsp3) is 0.421. The zero-order valence-corrected chi connectivity index (χ0v) is 14.0. The van der Waals surface area contributed by atoms with Crippen molar-refractivity contribution in [1.82, 2.24) is 0 Å². The molecule has 1 fully saturated rings. The summed E-state index contributed by atoms with van der Waals surface area (Å²) >= 11 is 0. The lowest BCUT2D eigenvalue weighted by molar-refractivity contribution is -0.146. The summed E-state index contributed by atoms with van der Waals surface area (Å²) in [5.41, 5.74) is 0.950. The molecule has 2 aliphatic rings. The van der Waals surface area contributed by atoms with Gasteiger partial charge in [0.05, 0.1) is 24.0 Å². The Labute approximate surface area is 145 Å². The molecule has 2 aliphatic carbocycles. The zero-order valence-electron chi connectivity index (χ0n) is 14.0. The van der Waals surface area contributed by atoms with Gasteiger partial charge in [-0.15, -0.1) is 0 Å². The van der Waals surface area contributed by atoms with Crippen LogP contribution in [-0.4, -0.2) is 29.6 Å². The Morgan fingerprint density at radius 1 is 1.12 bits per heavy atom. The van der Waals surface area contributed by atoms with Gasteiger partial charge in [-0.25, -0.2) is 4.79 Å². The Morgan fingerprint density at radius 3 is 2.36 bits per heavy atom. The lowest BCUT2D eigenvalue weighted by atomic mass is 9.82. The number of amides is 1. The quantitative estimate of drug-likeness (QED) is 0.612. The number of rotatable bonds is 6. The van der Waals surface area contributed by atoms with E-state index in [1.54, 1.807) is 24.3 Å². The van der Waals surface area contributed by atoms with Gasteiger partial charge < -0.3 is 15.2 Å². The molecule has 1 aromatic carbocycles. The van der Waals surface area contributed by atoms with Crippen LogP contribution < -0.4 is 5.32 Å². The highest BCUT2D eigenvalue weighted by atomic mass is 16.5. The van der Waals surface area contributed by atoms with Crippen LogP contribution in [0.5, 0.6) is 0 Å². The van der Waals surface area contributed by atoms with E-state index in [4.69, 9.17) is 4.74 Å². The molecule has 0 heterocycles. The third kappa shape index (κ3) is 3.43. The number of carbonyl (C=O) groups excluding carboxylic acids is 2. The molecule has 1 saturated carbocycles. The van der Waals surface area contributed by atoms with E-state index in [2.05, 4.69) is 5.32 Å². The number of ether oxygens (including phenoxy) is 1. The minimum absolute atomic E-state index is 0.0191. The van der Waals surface area contributed by atoms with Gasteiger partial charge in [0.2, 0.25) is 5.91 Å². The lowest BCUT2D eigenvalue weighted by Crippen LogP contribution is -2.36. The van der Waals surface area contributed by atoms with Crippen molar-refractivity contribution in [2.75, 3.05) is 11.9 Å². The monoisotopic (exact) mass is 343 g/mol. The van der Waals surface area contributed by atoms with E-state index in [0.29, 0.717) is 17.9 Å². The van der Waals surface area contributed by atoms with E-state index in [9.17, 15) is 19.5 Å². The number of hydrogen-bond donors (Lipinski definition) is 2. The van der Waals surface area contributed by atoms with Crippen LogP contribution in [0.4, 0.5) is 5.69 Å². The summed E-state index contributed by atoms with van der Waals surface area (Å²) in [6.07, 6.45) is 5.32. The minimum atomic E-state index is -0.925. The largest absolute Gasteiger partial charge is 0.481 e. The Bertz CT molecular complexity index is 709. The molecule has 2 N–H and O–H groups in total. The maximum absolute atomic E-state index is 12.6. The summed E-state index contributed by atoms with van der Waals surface area (Å²) in [5.74, 6) is -2.91. The molecule has 132 valence electrons. The fourth-order valence-electron chi connectivity index (χ4n) is 3.71. The predicted octanol–water partition coefficient (Wildman–Crippen LogP) is 2.71. The van der Waals surface area contributed by atoms with Crippen LogP contribution in [0.2, 0.25) is 0 Å². The van der Waals surface area contributed by atoms with Gasteiger partial charge in [-0.05, 0) is 48.9 Å². The molecule has 0 saturated heterocycles. The molecule has 0 unspecified atom stereocenters. The van der Waals surface area contributed by atoms with Crippen molar-refractivity contribution in [1.29, 1.82) is 0 Å². The maximum atomic E-state index is 12.6. The molecule has 1 aromatic rings. The Morgan fingerprint density at radius 2 is 1.76 bits per heavy atom. The topological polar surface area (TPSA) is 92.7 Å². The van der Waals surface area contributed by atoms with Gasteiger partial charge in [0, 0.05) is 5.69 Å². The number of benzene rings is 1. The van der Waals surface area contributed by atoms with Crippen molar-refractivity contribution in [3.8, 4) is 0 Å². The maximum Gasteiger partial charge on any atom is 0.338 e. The molecule has 0 aromatic heterocycles. The molecule has 1 amide bonds. The van der Waals surface area contributed by atoms with Crippen LogP contribution >= 0.6 is 0 Å². The second-order valence-corrected chi connectivity index (χ2v) is 6.54. The number of esters is 1. The number of hydrogen-bond acceptors (Lipinski definition) is 4. The van der Waals surface area contributed by atoms with Gasteiger partial charge in [-0.3, -0.25) is 9.59 Å². The number of nitrogens with one attached hydrogen (secondary N) is 1. The molecule has 0 radical (unpaired) electrons. The normalized spacial score (nSPS) is 26.4.